The molecule has 4 aliphatic rings. The second kappa shape index (κ2) is 14.8. The highest BCUT2D eigenvalue weighted by molar-refractivity contribution is 6.29. The summed E-state index contributed by atoms with van der Waals surface area (Å²) in [6.45, 7) is 0. The Bertz CT molecular complexity index is 4840. The van der Waals surface area contributed by atoms with Crippen molar-refractivity contribution >= 4 is 60.7 Å². The smallest absolute Gasteiger partial charge is 0.0939 e. The summed E-state index contributed by atoms with van der Waals surface area (Å²) in [6.07, 6.45) is 4.02. The molecule has 0 radical (unpaired) electrons. The Labute approximate surface area is 443 Å². The SMILES string of the molecule is c1ccc(N2c3ccccc3C3(c4cc5c(cc42)C2(c4ccccc4-c4ccccc42)c2ccccc2-5)c2cccnc2-c2ncc(-n4c5ccccc5c5c6c7ccccc7n(-c7ccccc7)c6ccc54)cc23)cc1. The minimum Gasteiger partial charge on any atom is -0.310 e. The lowest BCUT2D eigenvalue weighted by molar-refractivity contribution is 0.743. The summed E-state index contributed by atoms with van der Waals surface area (Å²) in [4.78, 5) is 13.4. The number of rotatable bonds is 3. The van der Waals surface area contributed by atoms with E-state index in [0.717, 1.165) is 62.0 Å². The van der Waals surface area contributed by atoms with Crippen molar-refractivity contribution < 1.29 is 0 Å². The Morgan fingerprint density at radius 3 is 1.43 bits per heavy atom. The van der Waals surface area contributed by atoms with Gasteiger partial charge in [0.05, 0.1) is 67.5 Å². The first-order chi connectivity index (χ1) is 38.2. The number of pyridine rings is 2. The van der Waals surface area contributed by atoms with Crippen LogP contribution in [0.15, 0.2) is 261 Å². The Hall–Kier alpha value is -10.1. The molecule has 3 aliphatic carbocycles. The van der Waals surface area contributed by atoms with E-state index in [1.807, 2.05) is 6.20 Å². The Morgan fingerprint density at radius 1 is 0.286 bits per heavy atom. The lowest BCUT2D eigenvalue weighted by atomic mass is 9.63. The molecule has 14 aromatic rings. The molecule has 4 aromatic heterocycles. The van der Waals surface area contributed by atoms with Crippen molar-refractivity contribution in [2.24, 2.45) is 0 Å². The third-order valence-electron chi connectivity index (χ3n) is 17.8. The average Bonchev–Trinajstić information content (AvgIpc) is 4.47. The largest absolute Gasteiger partial charge is 0.310 e. The van der Waals surface area contributed by atoms with Crippen molar-refractivity contribution in [3.8, 4) is 45.0 Å². The maximum atomic E-state index is 5.61. The van der Waals surface area contributed by atoms with Gasteiger partial charge in [0.1, 0.15) is 0 Å². The number of nitrogens with zero attached hydrogens (tertiary/aromatic N) is 5. The summed E-state index contributed by atoms with van der Waals surface area (Å²) in [5.74, 6) is 0. The Balaban J connectivity index is 0.962. The number of anilines is 3. The number of hydrogen-bond acceptors (Lipinski definition) is 3. The van der Waals surface area contributed by atoms with Gasteiger partial charge in [0, 0.05) is 44.7 Å². The van der Waals surface area contributed by atoms with Gasteiger partial charge < -0.3 is 14.0 Å². The number of fused-ring (bicyclic) bond motifs is 26. The van der Waals surface area contributed by atoms with Crippen LogP contribution in [0.25, 0.3) is 88.6 Å². The van der Waals surface area contributed by atoms with Crippen LogP contribution < -0.4 is 4.90 Å². The molecule has 0 bridgehead atoms. The Morgan fingerprint density at radius 2 is 0.779 bits per heavy atom. The molecular formula is C72H43N5. The van der Waals surface area contributed by atoms with Crippen LogP contribution in [-0.2, 0) is 10.8 Å². The van der Waals surface area contributed by atoms with Crippen molar-refractivity contribution in [3.05, 3.63) is 306 Å². The van der Waals surface area contributed by atoms with E-state index in [4.69, 9.17) is 9.97 Å². The lowest BCUT2D eigenvalue weighted by Crippen LogP contribution is -2.37. The predicted molar refractivity (Wildman–Crippen MR) is 313 cm³/mol. The minimum atomic E-state index is -0.820. The fourth-order valence-electron chi connectivity index (χ4n) is 15.1. The lowest BCUT2D eigenvalue weighted by Gasteiger charge is -2.45. The van der Waals surface area contributed by atoms with E-state index in [9.17, 15) is 0 Å². The van der Waals surface area contributed by atoms with Crippen LogP contribution >= 0.6 is 0 Å². The number of benzene rings is 10. The van der Waals surface area contributed by atoms with E-state index >= 15 is 0 Å². The van der Waals surface area contributed by atoms with E-state index in [1.165, 1.54) is 88.2 Å². The maximum absolute atomic E-state index is 5.61. The molecule has 0 saturated carbocycles. The first kappa shape index (κ1) is 41.3. The molecule has 0 saturated heterocycles. The fraction of sp³-hybridized carbons (Fsp3) is 0.0278. The number of aromatic nitrogens is 4. The number of hydrogen-bond donors (Lipinski definition) is 0. The van der Waals surface area contributed by atoms with Gasteiger partial charge in [-0.3, -0.25) is 9.97 Å². The zero-order valence-electron chi connectivity index (χ0n) is 41.6. The standard InChI is InChI=1S/C72H43N5/c1-3-20-44(21-4-1)75-61-34-16-10-27-50(61)67-64(75)37-38-65-68(67)51-28-11-17-35-62(51)77(65)46-40-60-70(74-43-46)69-57(33-19-39-73-69)72(60)56-32-15-18-36-63(56)76(45-22-5-2-6-23-45)66-42-58-52(41-59(66)72)49-26-9-14-31-55(49)71(58)53-29-12-7-24-47(53)48-25-8-13-30-54(48)71/h1-43H. The van der Waals surface area contributed by atoms with Gasteiger partial charge in [0.25, 0.3) is 0 Å². The van der Waals surface area contributed by atoms with Crippen molar-refractivity contribution in [2.75, 3.05) is 4.90 Å². The molecule has 0 amide bonds. The fourth-order valence-corrected chi connectivity index (χ4v) is 15.1. The first-order valence-electron chi connectivity index (χ1n) is 26.6. The monoisotopic (exact) mass is 977 g/mol. The molecular weight excluding hydrogens is 935 g/mol. The van der Waals surface area contributed by atoms with Crippen LogP contribution in [0, 0.1) is 0 Å². The van der Waals surface area contributed by atoms with E-state index in [1.54, 1.807) is 0 Å². The first-order valence-corrected chi connectivity index (χ1v) is 26.6. The zero-order valence-corrected chi connectivity index (χ0v) is 41.6. The van der Waals surface area contributed by atoms with Crippen molar-refractivity contribution in [1.82, 2.24) is 19.1 Å². The molecule has 2 spiro atoms. The van der Waals surface area contributed by atoms with Crippen LogP contribution in [0.2, 0.25) is 0 Å². The van der Waals surface area contributed by atoms with Crippen molar-refractivity contribution in [1.29, 1.82) is 0 Å². The molecule has 10 aromatic carbocycles. The molecule has 0 fully saturated rings. The van der Waals surface area contributed by atoms with Gasteiger partial charge in [-0.25, -0.2) is 0 Å². The summed E-state index contributed by atoms with van der Waals surface area (Å²) in [6, 6.07) is 92.6. The van der Waals surface area contributed by atoms with E-state index in [2.05, 4.69) is 269 Å². The summed E-state index contributed by atoms with van der Waals surface area (Å²) in [5, 5.41) is 4.91. The van der Waals surface area contributed by atoms with E-state index < -0.39 is 10.8 Å². The highest BCUT2D eigenvalue weighted by atomic mass is 15.2. The highest BCUT2D eigenvalue weighted by Gasteiger charge is 2.57. The van der Waals surface area contributed by atoms with Crippen LogP contribution in [-0.4, -0.2) is 19.1 Å². The second-order valence-corrected chi connectivity index (χ2v) is 21.1. The average molecular weight is 978 g/mol. The van der Waals surface area contributed by atoms with Crippen LogP contribution in [0.5, 0.6) is 0 Å². The number of para-hydroxylation sites is 5. The molecule has 5 heterocycles. The van der Waals surface area contributed by atoms with Gasteiger partial charge >= 0.3 is 0 Å². The van der Waals surface area contributed by atoms with Crippen LogP contribution in [0.1, 0.15) is 44.5 Å². The molecule has 77 heavy (non-hydrogen) atoms. The van der Waals surface area contributed by atoms with Gasteiger partial charge in [-0.05, 0) is 140 Å². The van der Waals surface area contributed by atoms with E-state index in [0.29, 0.717) is 0 Å². The topological polar surface area (TPSA) is 38.9 Å². The van der Waals surface area contributed by atoms with Crippen molar-refractivity contribution in [3.63, 3.8) is 0 Å². The molecule has 18 rings (SSSR count). The summed E-state index contributed by atoms with van der Waals surface area (Å²) < 4.78 is 4.87. The van der Waals surface area contributed by atoms with Crippen molar-refractivity contribution in [2.45, 2.75) is 10.8 Å². The van der Waals surface area contributed by atoms with Gasteiger partial charge in [-0.15, -0.1) is 0 Å². The Kier molecular flexibility index (Phi) is 7.94. The molecule has 5 heteroatoms. The van der Waals surface area contributed by atoms with Crippen LogP contribution in [0.3, 0.4) is 0 Å². The molecule has 356 valence electrons. The van der Waals surface area contributed by atoms with Gasteiger partial charge in [-0.1, -0.05) is 170 Å². The van der Waals surface area contributed by atoms with Gasteiger partial charge in [0.2, 0.25) is 0 Å². The van der Waals surface area contributed by atoms with Crippen LogP contribution in [0.4, 0.5) is 17.1 Å². The van der Waals surface area contributed by atoms with Gasteiger partial charge in [-0.2, -0.15) is 0 Å². The predicted octanol–water partition coefficient (Wildman–Crippen LogP) is 17.2. The maximum Gasteiger partial charge on any atom is 0.0939 e. The summed E-state index contributed by atoms with van der Waals surface area (Å²) in [7, 11) is 0. The molecule has 1 aliphatic heterocycles. The summed E-state index contributed by atoms with van der Waals surface area (Å²) >= 11 is 0. The highest BCUT2D eigenvalue weighted by Crippen LogP contribution is 2.68. The quantitative estimate of drug-likeness (QED) is 0.177. The third kappa shape index (κ3) is 4.96. The molecule has 0 N–H and O–H groups in total. The van der Waals surface area contributed by atoms with Gasteiger partial charge in [0.15, 0.2) is 0 Å². The molecule has 5 nitrogen and oxygen atoms in total. The second-order valence-electron chi connectivity index (χ2n) is 21.1. The zero-order chi connectivity index (χ0) is 50.1. The summed E-state index contributed by atoms with van der Waals surface area (Å²) in [5.41, 5.74) is 25.6. The van der Waals surface area contributed by atoms with E-state index in [-0.39, 0.29) is 0 Å². The molecule has 1 atom stereocenters. The molecule has 1 unspecified atom stereocenters. The minimum absolute atomic E-state index is 0.530. The third-order valence-corrected chi connectivity index (χ3v) is 17.8. The normalized spacial score (nSPS) is 15.7.